The molecule has 24 heavy (non-hydrogen) atoms. The summed E-state index contributed by atoms with van der Waals surface area (Å²) < 4.78 is 17.0. The van der Waals surface area contributed by atoms with Crippen LogP contribution in [0.5, 0.6) is 11.5 Å². The molecule has 1 aromatic carbocycles. The van der Waals surface area contributed by atoms with E-state index in [1.165, 1.54) is 5.56 Å². The van der Waals surface area contributed by atoms with Gasteiger partial charge in [-0.25, -0.2) is 0 Å². The van der Waals surface area contributed by atoms with Gasteiger partial charge in [-0.3, -0.25) is 4.90 Å². The topological polar surface area (TPSA) is 51.2 Å². The second-order valence-corrected chi connectivity index (χ2v) is 6.87. The first-order valence-electron chi connectivity index (χ1n) is 8.98. The van der Waals surface area contributed by atoms with Gasteiger partial charge in [0, 0.05) is 32.7 Å². The molecule has 5 heteroatoms. The van der Waals surface area contributed by atoms with Crippen LogP contribution in [0, 0.1) is 0 Å². The van der Waals surface area contributed by atoms with E-state index in [1.807, 2.05) is 13.0 Å². The summed E-state index contributed by atoms with van der Waals surface area (Å²) in [7, 11) is 1.68. The quantitative estimate of drug-likeness (QED) is 0.896. The fraction of sp³-hybridized carbons (Fsp3) is 0.684. The van der Waals surface area contributed by atoms with E-state index in [0.717, 1.165) is 56.8 Å². The molecule has 0 amide bonds. The van der Waals surface area contributed by atoms with Gasteiger partial charge in [0.1, 0.15) is 0 Å². The summed E-state index contributed by atoms with van der Waals surface area (Å²) in [5, 5.41) is 9.94. The van der Waals surface area contributed by atoms with Gasteiger partial charge in [0.05, 0.1) is 25.4 Å². The number of hydrogen-bond acceptors (Lipinski definition) is 5. The lowest BCUT2D eigenvalue weighted by Gasteiger charge is -2.45. The molecule has 134 valence electrons. The number of rotatable bonds is 5. The van der Waals surface area contributed by atoms with Gasteiger partial charge in [-0.05, 0) is 43.9 Å². The predicted molar refractivity (Wildman–Crippen MR) is 92.6 cm³/mol. The Balaban J connectivity index is 1.58. The van der Waals surface area contributed by atoms with Crippen molar-refractivity contribution in [1.29, 1.82) is 0 Å². The van der Waals surface area contributed by atoms with Gasteiger partial charge in [-0.2, -0.15) is 0 Å². The zero-order valence-corrected chi connectivity index (χ0v) is 14.8. The molecule has 0 aliphatic carbocycles. The second-order valence-electron chi connectivity index (χ2n) is 6.87. The number of aliphatic hydroxyl groups is 1. The molecular formula is C19H29NO4. The van der Waals surface area contributed by atoms with Crippen LogP contribution in [0.15, 0.2) is 18.2 Å². The van der Waals surface area contributed by atoms with Crippen LogP contribution in [0.3, 0.4) is 0 Å². The van der Waals surface area contributed by atoms with Crippen LogP contribution in [0.25, 0.3) is 0 Å². The standard InChI is InChI=1S/C19H29NO4/c1-3-23-17-5-4-15(12-18(17)22-2)14-20-9-7-19(8-10-20)13-16(21)6-11-24-19/h4-5,12,16,21H,3,6-11,13-14H2,1-2H3. The van der Waals surface area contributed by atoms with E-state index in [1.54, 1.807) is 7.11 Å². The molecule has 2 saturated heterocycles. The molecule has 3 rings (SSSR count). The summed E-state index contributed by atoms with van der Waals surface area (Å²) >= 11 is 0. The first kappa shape index (κ1) is 17.5. The molecule has 2 fully saturated rings. The minimum Gasteiger partial charge on any atom is -0.493 e. The molecule has 1 N–H and O–H groups in total. The smallest absolute Gasteiger partial charge is 0.161 e. The van der Waals surface area contributed by atoms with Gasteiger partial charge in [0.25, 0.3) is 0 Å². The highest BCUT2D eigenvalue weighted by atomic mass is 16.5. The van der Waals surface area contributed by atoms with Gasteiger partial charge < -0.3 is 19.3 Å². The molecule has 1 atom stereocenters. The second kappa shape index (κ2) is 7.72. The third-order valence-electron chi connectivity index (χ3n) is 5.17. The highest BCUT2D eigenvalue weighted by Crippen LogP contribution is 2.36. The minimum atomic E-state index is -0.194. The molecule has 0 saturated carbocycles. The molecule has 0 bridgehead atoms. The SMILES string of the molecule is CCOc1ccc(CN2CCC3(CC2)CC(O)CCO3)cc1OC. The van der Waals surface area contributed by atoms with Crippen molar-refractivity contribution in [2.24, 2.45) is 0 Å². The average Bonchev–Trinajstić information content (AvgIpc) is 2.58. The molecule has 5 nitrogen and oxygen atoms in total. The molecule has 2 heterocycles. The Bertz CT molecular complexity index is 540. The van der Waals surface area contributed by atoms with Crippen molar-refractivity contribution in [2.45, 2.75) is 50.9 Å². The van der Waals surface area contributed by atoms with E-state index in [0.29, 0.717) is 13.2 Å². The van der Waals surface area contributed by atoms with Crippen molar-refractivity contribution in [2.75, 3.05) is 33.4 Å². The highest BCUT2D eigenvalue weighted by Gasteiger charge is 2.39. The molecule has 2 aliphatic heterocycles. The van der Waals surface area contributed by atoms with E-state index < -0.39 is 0 Å². The van der Waals surface area contributed by atoms with Crippen LogP contribution in [0.1, 0.15) is 38.2 Å². The minimum absolute atomic E-state index is 0.0926. The molecule has 1 spiro atoms. The first-order chi connectivity index (χ1) is 11.6. The number of nitrogens with zero attached hydrogens (tertiary/aromatic N) is 1. The Labute approximate surface area is 144 Å². The fourth-order valence-corrected chi connectivity index (χ4v) is 3.81. The van der Waals surface area contributed by atoms with E-state index in [4.69, 9.17) is 14.2 Å². The Morgan fingerprint density at radius 2 is 2.08 bits per heavy atom. The maximum atomic E-state index is 9.94. The zero-order valence-electron chi connectivity index (χ0n) is 14.8. The molecular weight excluding hydrogens is 306 g/mol. The summed E-state index contributed by atoms with van der Waals surface area (Å²) in [6, 6.07) is 6.17. The van der Waals surface area contributed by atoms with Crippen LogP contribution in [-0.2, 0) is 11.3 Å². The van der Waals surface area contributed by atoms with Crippen LogP contribution in [-0.4, -0.2) is 55.1 Å². The van der Waals surface area contributed by atoms with Gasteiger partial charge >= 0.3 is 0 Å². The summed E-state index contributed by atoms with van der Waals surface area (Å²) in [5.41, 5.74) is 1.14. The van der Waals surface area contributed by atoms with Crippen molar-refractivity contribution in [3.8, 4) is 11.5 Å². The third-order valence-corrected chi connectivity index (χ3v) is 5.17. The van der Waals surface area contributed by atoms with Crippen molar-refractivity contribution in [1.82, 2.24) is 4.90 Å². The Hall–Kier alpha value is -1.30. The van der Waals surface area contributed by atoms with E-state index in [9.17, 15) is 5.11 Å². The largest absolute Gasteiger partial charge is 0.493 e. The molecule has 2 aliphatic rings. The van der Waals surface area contributed by atoms with Crippen LogP contribution in [0.4, 0.5) is 0 Å². The van der Waals surface area contributed by atoms with Gasteiger partial charge in [0.2, 0.25) is 0 Å². The van der Waals surface area contributed by atoms with Crippen LogP contribution in [0.2, 0.25) is 0 Å². The third kappa shape index (κ3) is 4.02. The van der Waals surface area contributed by atoms with Crippen molar-refractivity contribution in [3.63, 3.8) is 0 Å². The van der Waals surface area contributed by atoms with Crippen LogP contribution >= 0.6 is 0 Å². The number of ether oxygens (including phenoxy) is 3. The van der Waals surface area contributed by atoms with Crippen molar-refractivity contribution >= 4 is 0 Å². The van der Waals surface area contributed by atoms with Gasteiger partial charge in [0.15, 0.2) is 11.5 Å². The molecule has 1 aromatic rings. The number of hydrogen-bond donors (Lipinski definition) is 1. The maximum absolute atomic E-state index is 9.94. The number of methoxy groups -OCH3 is 1. The monoisotopic (exact) mass is 335 g/mol. The summed E-state index contributed by atoms with van der Waals surface area (Å²) in [4.78, 5) is 2.45. The Morgan fingerprint density at radius 1 is 1.29 bits per heavy atom. The number of piperidine rings is 1. The molecule has 1 unspecified atom stereocenters. The predicted octanol–water partition coefficient (Wildman–Crippen LogP) is 2.60. The van der Waals surface area contributed by atoms with Gasteiger partial charge in [-0.15, -0.1) is 0 Å². The Morgan fingerprint density at radius 3 is 2.75 bits per heavy atom. The zero-order chi connectivity index (χ0) is 17.0. The summed E-state index contributed by atoms with van der Waals surface area (Å²) in [6.45, 7) is 6.21. The lowest BCUT2D eigenvalue weighted by atomic mass is 9.83. The number of aliphatic hydroxyl groups excluding tert-OH is 1. The maximum Gasteiger partial charge on any atom is 0.161 e. The van der Waals surface area contributed by atoms with E-state index in [2.05, 4.69) is 17.0 Å². The highest BCUT2D eigenvalue weighted by molar-refractivity contribution is 5.43. The number of benzene rings is 1. The fourth-order valence-electron chi connectivity index (χ4n) is 3.81. The lowest BCUT2D eigenvalue weighted by molar-refractivity contribution is -0.143. The van der Waals surface area contributed by atoms with Crippen molar-refractivity contribution < 1.29 is 19.3 Å². The summed E-state index contributed by atoms with van der Waals surface area (Å²) in [6.07, 6.45) is 3.37. The van der Waals surface area contributed by atoms with Crippen LogP contribution < -0.4 is 9.47 Å². The number of likely N-dealkylation sites (tertiary alicyclic amines) is 1. The average molecular weight is 335 g/mol. The van der Waals surface area contributed by atoms with Gasteiger partial charge in [-0.1, -0.05) is 6.07 Å². The molecule has 0 radical (unpaired) electrons. The van der Waals surface area contributed by atoms with Crippen molar-refractivity contribution in [3.05, 3.63) is 23.8 Å². The lowest BCUT2D eigenvalue weighted by Crippen LogP contribution is -2.50. The first-order valence-corrected chi connectivity index (χ1v) is 8.98. The normalized spacial score (nSPS) is 24.0. The van der Waals surface area contributed by atoms with E-state index in [-0.39, 0.29) is 11.7 Å². The summed E-state index contributed by atoms with van der Waals surface area (Å²) in [5.74, 6) is 1.59. The Kier molecular flexibility index (Phi) is 5.64. The molecule has 0 aromatic heterocycles. The van der Waals surface area contributed by atoms with E-state index >= 15 is 0 Å².